The van der Waals surface area contributed by atoms with Gasteiger partial charge in [-0.05, 0) is 55.8 Å². The van der Waals surface area contributed by atoms with Gasteiger partial charge in [-0.3, -0.25) is 4.79 Å². The van der Waals surface area contributed by atoms with E-state index in [1.807, 2.05) is 68.4 Å². The second-order valence-corrected chi connectivity index (χ2v) is 8.25. The predicted octanol–water partition coefficient (Wildman–Crippen LogP) is 6.22. The molecule has 4 rings (SSSR count). The highest BCUT2D eigenvalue weighted by atomic mass is 79.9. The molecule has 1 N–H and O–H groups in total. The van der Waals surface area contributed by atoms with Crippen molar-refractivity contribution in [1.82, 2.24) is 14.8 Å². The summed E-state index contributed by atoms with van der Waals surface area (Å²) in [4.78, 5) is 17.4. The Bertz CT molecular complexity index is 1220. The third-order valence-electron chi connectivity index (χ3n) is 4.62. The Labute approximate surface area is 187 Å². The number of aryl methyl sites for hydroxylation is 2. The van der Waals surface area contributed by atoms with Gasteiger partial charge in [-0.2, -0.15) is 0 Å². The van der Waals surface area contributed by atoms with Crippen LogP contribution in [0.2, 0.25) is 5.02 Å². The van der Waals surface area contributed by atoms with Crippen LogP contribution in [0.1, 0.15) is 21.7 Å². The van der Waals surface area contributed by atoms with Crippen LogP contribution < -0.4 is 5.32 Å². The molecule has 7 heteroatoms. The van der Waals surface area contributed by atoms with Crippen molar-refractivity contribution in [1.29, 1.82) is 0 Å². The van der Waals surface area contributed by atoms with Crippen molar-refractivity contribution in [2.24, 2.45) is 0 Å². The number of nitrogens with zero attached hydrogens (tertiary/aromatic N) is 3. The number of carbonyl (C=O) groups is 1. The maximum absolute atomic E-state index is 12.8. The van der Waals surface area contributed by atoms with Gasteiger partial charge in [-0.25, -0.2) is 9.67 Å². The van der Waals surface area contributed by atoms with Gasteiger partial charge in [0.15, 0.2) is 5.82 Å². The molecule has 0 aliphatic carbocycles. The molecule has 4 aromatic rings. The number of halogens is 2. The first-order valence-corrected chi connectivity index (χ1v) is 10.5. The van der Waals surface area contributed by atoms with E-state index in [9.17, 15) is 4.79 Å². The maximum atomic E-state index is 12.8. The minimum atomic E-state index is -0.386. The van der Waals surface area contributed by atoms with Crippen LogP contribution in [0.25, 0.3) is 17.1 Å². The van der Waals surface area contributed by atoms with Crippen molar-refractivity contribution in [2.45, 2.75) is 13.8 Å². The summed E-state index contributed by atoms with van der Waals surface area (Å²) >= 11 is 9.71. The number of amides is 1. The second-order valence-electron chi connectivity index (χ2n) is 6.93. The molecule has 0 bridgehead atoms. The molecule has 0 atom stereocenters. The standard InChI is InChI=1S/C23H18BrClN4O/c1-14-3-6-16(7-4-14)22-27-21(23(30)26-18-10-8-17(24)9-11-18)28-29(22)19-12-5-15(2)20(25)13-19/h3-13H,1-2H3,(H,26,30). The molecule has 0 saturated carbocycles. The SMILES string of the molecule is Cc1ccc(-c2nc(C(=O)Nc3ccc(Br)cc3)nn2-c2ccc(C)c(Cl)c2)cc1. The van der Waals surface area contributed by atoms with Crippen LogP contribution in [0, 0.1) is 13.8 Å². The lowest BCUT2D eigenvalue weighted by atomic mass is 10.1. The maximum Gasteiger partial charge on any atom is 0.295 e. The van der Waals surface area contributed by atoms with Crippen LogP contribution in [-0.4, -0.2) is 20.7 Å². The zero-order chi connectivity index (χ0) is 21.3. The minimum Gasteiger partial charge on any atom is -0.319 e. The highest BCUT2D eigenvalue weighted by molar-refractivity contribution is 9.10. The van der Waals surface area contributed by atoms with Crippen molar-refractivity contribution in [3.8, 4) is 17.1 Å². The minimum absolute atomic E-state index is 0.0743. The van der Waals surface area contributed by atoms with Crippen molar-refractivity contribution in [3.63, 3.8) is 0 Å². The molecule has 0 fully saturated rings. The van der Waals surface area contributed by atoms with Gasteiger partial charge in [0.1, 0.15) is 0 Å². The van der Waals surface area contributed by atoms with E-state index in [1.54, 1.807) is 16.8 Å². The van der Waals surface area contributed by atoms with E-state index >= 15 is 0 Å². The largest absolute Gasteiger partial charge is 0.319 e. The Morgan fingerprint density at radius 1 is 1.00 bits per heavy atom. The molecule has 1 heterocycles. The summed E-state index contributed by atoms with van der Waals surface area (Å²) in [5.74, 6) is 0.253. The van der Waals surface area contributed by atoms with Gasteiger partial charge in [0, 0.05) is 20.7 Å². The van der Waals surface area contributed by atoms with Crippen LogP contribution in [0.15, 0.2) is 71.2 Å². The molecule has 0 aliphatic heterocycles. The zero-order valence-corrected chi connectivity index (χ0v) is 18.7. The number of hydrogen-bond donors (Lipinski definition) is 1. The molecule has 0 saturated heterocycles. The fraction of sp³-hybridized carbons (Fsp3) is 0.0870. The van der Waals surface area contributed by atoms with Crippen LogP contribution in [0.3, 0.4) is 0 Å². The first-order valence-electron chi connectivity index (χ1n) is 9.28. The van der Waals surface area contributed by atoms with Gasteiger partial charge in [0.25, 0.3) is 5.91 Å². The summed E-state index contributed by atoms with van der Waals surface area (Å²) in [6.45, 7) is 3.96. The molecule has 0 radical (unpaired) electrons. The van der Waals surface area contributed by atoms with Crippen LogP contribution in [-0.2, 0) is 0 Å². The summed E-state index contributed by atoms with van der Waals surface area (Å²) in [7, 11) is 0. The molecule has 0 unspecified atom stereocenters. The van der Waals surface area contributed by atoms with Crippen LogP contribution in [0.5, 0.6) is 0 Å². The molecule has 0 spiro atoms. The topological polar surface area (TPSA) is 59.8 Å². The van der Waals surface area contributed by atoms with Gasteiger partial charge in [-0.1, -0.05) is 63.4 Å². The monoisotopic (exact) mass is 480 g/mol. The van der Waals surface area contributed by atoms with Crippen molar-refractivity contribution >= 4 is 39.1 Å². The fourth-order valence-corrected chi connectivity index (χ4v) is 3.35. The van der Waals surface area contributed by atoms with Crippen LogP contribution in [0.4, 0.5) is 5.69 Å². The summed E-state index contributed by atoms with van der Waals surface area (Å²) in [5, 5.41) is 7.95. The number of aromatic nitrogens is 3. The van der Waals surface area contributed by atoms with E-state index in [-0.39, 0.29) is 11.7 Å². The number of nitrogens with one attached hydrogen (secondary N) is 1. The third-order valence-corrected chi connectivity index (χ3v) is 5.56. The summed E-state index contributed by atoms with van der Waals surface area (Å²) in [6, 6.07) is 20.9. The first kappa shape index (κ1) is 20.3. The Morgan fingerprint density at radius 2 is 1.70 bits per heavy atom. The number of rotatable bonds is 4. The average Bonchev–Trinajstić information content (AvgIpc) is 3.18. The summed E-state index contributed by atoms with van der Waals surface area (Å²) in [5.41, 5.74) is 4.35. The summed E-state index contributed by atoms with van der Waals surface area (Å²) < 4.78 is 2.58. The Kier molecular flexibility index (Phi) is 5.70. The third kappa shape index (κ3) is 4.30. The second kappa shape index (κ2) is 8.42. The van der Waals surface area contributed by atoms with E-state index < -0.39 is 0 Å². The van der Waals surface area contributed by atoms with E-state index in [0.717, 1.165) is 26.9 Å². The van der Waals surface area contributed by atoms with E-state index in [4.69, 9.17) is 11.6 Å². The Morgan fingerprint density at radius 3 is 2.37 bits per heavy atom. The fourth-order valence-electron chi connectivity index (χ4n) is 2.91. The smallest absolute Gasteiger partial charge is 0.295 e. The number of benzene rings is 3. The van der Waals surface area contributed by atoms with Crippen LogP contribution >= 0.6 is 27.5 Å². The normalized spacial score (nSPS) is 10.8. The first-order chi connectivity index (χ1) is 14.4. The number of hydrogen-bond acceptors (Lipinski definition) is 3. The van der Waals surface area contributed by atoms with Crippen molar-refractivity contribution in [3.05, 3.63) is 93.2 Å². The zero-order valence-electron chi connectivity index (χ0n) is 16.4. The molecule has 30 heavy (non-hydrogen) atoms. The van der Waals surface area contributed by atoms with Gasteiger partial charge in [0.2, 0.25) is 5.82 Å². The number of anilines is 1. The molecule has 150 valence electrons. The Hall–Kier alpha value is -2.96. The van der Waals surface area contributed by atoms with Gasteiger partial charge < -0.3 is 5.32 Å². The van der Waals surface area contributed by atoms with Gasteiger partial charge >= 0.3 is 0 Å². The van der Waals surface area contributed by atoms with Crippen molar-refractivity contribution < 1.29 is 4.79 Å². The van der Waals surface area contributed by atoms with Crippen molar-refractivity contribution in [2.75, 3.05) is 5.32 Å². The lowest BCUT2D eigenvalue weighted by molar-refractivity contribution is 0.101. The lowest BCUT2D eigenvalue weighted by Crippen LogP contribution is -2.14. The summed E-state index contributed by atoms with van der Waals surface area (Å²) in [6.07, 6.45) is 0. The van der Waals surface area contributed by atoms with Gasteiger partial charge in [-0.15, -0.1) is 5.10 Å². The highest BCUT2D eigenvalue weighted by Gasteiger charge is 2.19. The quantitative estimate of drug-likeness (QED) is 0.376. The molecule has 3 aromatic carbocycles. The molecular weight excluding hydrogens is 464 g/mol. The molecule has 0 aliphatic rings. The molecular formula is C23H18BrClN4O. The average molecular weight is 482 g/mol. The van der Waals surface area contributed by atoms with E-state index in [0.29, 0.717) is 16.5 Å². The molecule has 5 nitrogen and oxygen atoms in total. The predicted molar refractivity (Wildman–Crippen MR) is 123 cm³/mol. The highest BCUT2D eigenvalue weighted by Crippen LogP contribution is 2.25. The van der Waals surface area contributed by atoms with E-state index in [2.05, 4.69) is 31.3 Å². The van der Waals surface area contributed by atoms with E-state index in [1.165, 1.54) is 0 Å². The Balaban J connectivity index is 1.76. The van der Waals surface area contributed by atoms with Gasteiger partial charge in [0.05, 0.1) is 5.69 Å². The molecule has 1 aromatic heterocycles. The molecule has 1 amide bonds. The lowest BCUT2D eigenvalue weighted by Gasteiger charge is -2.08. The number of carbonyl (C=O) groups excluding carboxylic acids is 1.